The van der Waals surface area contributed by atoms with Crippen molar-refractivity contribution in [1.82, 2.24) is 9.62 Å². The fraction of sp³-hybridized carbons (Fsp3) is 0.588. The van der Waals surface area contributed by atoms with E-state index < -0.39 is 10.0 Å². The van der Waals surface area contributed by atoms with Crippen LogP contribution in [0.2, 0.25) is 0 Å². The van der Waals surface area contributed by atoms with E-state index in [-0.39, 0.29) is 16.8 Å². The molecule has 1 aromatic carbocycles. The highest BCUT2D eigenvalue weighted by Gasteiger charge is 2.28. The molecular weight excluding hydrogens is 326 g/mol. The minimum absolute atomic E-state index is 0.113. The molecule has 0 heterocycles. The van der Waals surface area contributed by atoms with Crippen molar-refractivity contribution in [3.05, 3.63) is 29.8 Å². The van der Waals surface area contributed by atoms with Gasteiger partial charge in [0.05, 0.1) is 4.90 Å². The molecule has 1 fully saturated rings. The van der Waals surface area contributed by atoms with Crippen molar-refractivity contribution in [2.75, 3.05) is 19.6 Å². The molecule has 2 atom stereocenters. The van der Waals surface area contributed by atoms with E-state index in [9.17, 15) is 13.2 Å². The number of carbonyl (C=O) groups is 1. The standard InChI is InChI=1S/C17H27N3O3S/c1-3-20(4-2)24(22,23)15-10-8-13(9-11-15)17(21)19-16-7-5-6-14(16)12-18/h8-11,14,16H,3-7,12,18H2,1-2H3,(H,19,21). The van der Waals surface area contributed by atoms with Gasteiger partial charge in [-0.3, -0.25) is 4.79 Å². The first-order chi connectivity index (χ1) is 11.4. The summed E-state index contributed by atoms with van der Waals surface area (Å²) in [6, 6.07) is 6.24. The third-order valence-electron chi connectivity index (χ3n) is 4.74. The predicted molar refractivity (Wildman–Crippen MR) is 94.2 cm³/mol. The first kappa shape index (κ1) is 18.9. The highest BCUT2D eigenvalue weighted by atomic mass is 32.2. The van der Waals surface area contributed by atoms with Crippen molar-refractivity contribution in [1.29, 1.82) is 0 Å². The van der Waals surface area contributed by atoms with Crippen molar-refractivity contribution in [2.45, 2.75) is 44.0 Å². The van der Waals surface area contributed by atoms with Gasteiger partial charge in [0.2, 0.25) is 10.0 Å². The summed E-state index contributed by atoms with van der Waals surface area (Å²) < 4.78 is 26.3. The van der Waals surface area contributed by atoms with E-state index >= 15 is 0 Å². The zero-order valence-corrected chi connectivity index (χ0v) is 15.2. The lowest BCUT2D eigenvalue weighted by molar-refractivity contribution is 0.0928. The summed E-state index contributed by atoms with van der Waals surface area (Å²) in [6.07, 6.45) is 3.07. The molecule has 0 saturated heterocycles. The predicted octanol–water partition coefficient (Wildman–Crippen LogP) is 1.57. The Morgan fingerprint density at radius 2 is 1.83 bits per heavy atom. The number of benzene rings is 1. The van der Waals surface area contributed by atoms with E-state index in [2.05, 4.69) is 5.32 Å². The van der Waals surface area contributed by atoms with Gasteiger partial charge < -0.3 is 11.1 Å². The maximum absolute atomic E-state index is 12.4. The van der Waals surface area contributed by atoms with Crippen LogP contribution in [-0.4, -0.2) is 44.3 Å². The maximum atomic E-state index is 12.4. The van der Waals surface area contributed by atoms with E-state index in [0.717, 1.165) is 19.3 Å². The Morgan fingerprint density at radius 1 is 1.21 bits per heavy atom. The number of nitrogens with two attached hydrogens (primary N) is 1. The van der Waals surface area contributed by atoms with Crippen molar-refractivity contribution >= 4 is 15.9 Å². The average molecular weight is 353 g/mol. The van der Waals surface area contributed by atoms with Gasteiger partial charge in [0, 0.05) is 24.7 Å². The lowest BCUT2D eigenvalue weighted by Crippen LogP contribution is -2.39. The van der Waals surface area contributed by atoms with Gasteiger partial charge in [-0.15, -0.1) is 0 Å². The quantitative estimate of drug-likeness (QED) is 0.778. The molecule has 0 aromatic heterocycles. The van der Waals surface area contributed by atoms with Crippen molar-refractivity contribution in [3.8, 4) is 0 Å². The number of sulfonamides is 1. The number of hydrogen-bond acceptors (Lipinski definition) is 4. The Kier molecular flexibility index (Phi) is 6.37. The molecule has 24 heavy (non-hydrogen) atoms. The van der Waals surface area contributed by atoms with E-state index in [0.29, 0.717) is 31.1 Å². The van der Waals surface area contributed by atoms with Crippen molar-refractivity contribution < 1.29 is 13.2 Å². The van der Waals surface area contributed by atoms with Crippen LogP contribution in [0.5, 0.6) is 0 Å². The van der Waals surface area contributed by atoms with E-state index in [4.69, 9.17) is 5.73 Å². The molecule has 0 aliphatic heterocycles. The summed E-state index contributed by atoms with van der Waals surface area (Å²) in [6.45, 7) is 5.02. The summed E-state index contributed by atoms with van der Waals surface area (Å²) in [4.78, 5) is 12.6. The van der Waals surface area contributed by atoms with Crippen LogP contribution in [0.3, 0.4) is 0 Å². The molecule has 1 aliphatic carbocycles. The summed E-state index contributed by atoms with van der Waals surface area (Å²) in [7, 11) is -3.49. The van der Waals surface area contributed by atoms with Crippen LogP contribution in [0.4, 0.5) is 0 Å². The Balaban J connectivity index is 2.10. The number of nitrogens with one attached hydrogen (secondary N) is 1. The molecule has 0 bridgehead atoms. The lowest BCUT2D eigenvalue weighted by atomic mass is 10.0. The molecule has 1 amide bonds. The average Bonchev–Trinajstić information content (AvgIpc) is 3.03. The van der Waals surface area contributed by atoms with Gasteiger partial charge in [-0.05, 0) is 49.6 Å². The van der Waals surface area contributed by atoms with Gasteiger partial charge in [0.25, 0.3) is 5.91 Å². The van der Waals surface area contributed by atoms with Crippen LogP contribution in [0.1, 0.15) is 43.5 Å². The van der Waals surface area contributed by atoms with Crippen molar-refractivity contribution in [2.24, 2.45) is 11.7 Å². The number of nitrogens with zero attached hydrogens (tertiary/aromatic N) is 1. The highest BCUT2D eigenvalue weighted by Crippen LogP contribution is 2.25. The highest BCUT2D eigenvalue weighted by molar-refractivity contribution is 7.89. The topological polar surface area (TPSA) is 92.5 Å². The molecule has 134 valence electrons. The Labute approximate surface area is 144 Å². The minimum atomic E-state index is -3.49. The summed E-state index contributed by atoms with van der Waals surface area (Å²) in [5.74, 6) is 0.156. The fourth-order valence-corrected chi connectivity index (χ4v) is 4.71. The van der Waals surface area contributed by atoms with Gasteiger partial charge in [-0.2, -0.15) is 4.31 Å². The fourth-order valence-electron chi connectivity index (χ4n) is 3.25. The SMILES string of the molecule is CCN(CC)S(=O)(=O)c1ccc(C(=O)NC2CCCC2CN)cc1. The smallest absolute Gasteiger partial charge is 0.251 e. The summed E-state index contributed by atoms with van der Waals surface area (Å²) in [5.41, 5.74) is 6.21. The van der Waals surface area contributed by atoms with Gasteiger partial charge in [0.1, 0.15) is 0 Å². The van der Waals surface area contributed by atoms with Crippen LogP contribution in [0, 0.1) is 5.92 Å². The van der Waals surface area contributed by atoms with Gasteiger partial charge in [-0.25, -0.2) is 8.42 Å². The molecule has 1 aromatic rings. The van der Waals surface area contributed by atoms with E-state index in [1.807, 2.05) is 0 Å². The number of amides is 1. The first-order valence-electron chi connectivity index (χ1n) is 8.55. The molecular formula is C17H27N3O3S. The van der Waals surface area contributed by atoms with E-state index in [1.165, 1.54) is 16.4 Å². The third-order valence-corrected chi connectivity index (χ3v) is 6.80. The van der Waals surface area contributed by atoms with Crippen LogP contribution in [0.25, 0.3) is 0 Å². The Morgan fingerprint density at radius 3 is 2.38 bits per heavy atom. The number of hydrogen-bond donors (Lipinski definition) is 2. The second kappa shape index (κ2) is 8.09. The molecule has 2 rings (SSSR count). The molecule has 7 heteroatoms. The molecule has 2 unspecified atom stereocenters. The molecule has 3 N–H and O–H groups in total. The van der Waals surface area contributed by atoms with E-state index in [1.54, 1.807) is 26.0 Å². The van der Waals surface area contributed by atoms with Gasteiger partial charge >= 0.3 is 0 Å². The molecule has 1 saturated carbocycles. The second-order valence-electron chi connectivity index (χ2n) is 6.12. The second-order valence-corrected chi connectivity index (χ2v) is 8.06. The molecule has 1 aliphatic rings. The van der Waals surface area contributed by atoms with Gasteiger partial charge in [0.15, 0.2) is 0 Å². The Bertz CT molecular complexity index is 654. The van der Waals surface area contributed by atoms with Crippen LogP contribution >= 0.6 is 0 Å². The van der Waals surface area contributed by atoms with Crippen LogP contribution < -0.4 is 11.1 Å². The number of rotatable bonds is 7. The third kappa shape index (κ3) is 3.96. The summed E-state index contributed by atoms with van der Waals surface area (Å²) >= 11 is 0. The minimum Gasteiger partial charge on any atom is -0.349 e. The molecule has 0 spiro atoms. The lowest BCUT2D eigenvalue weighted by Gasteiger charge is -2.20. The monoisotopic (exact) mass is 353 g/mol. The van der Waals surface area contributed by atoms with Crippen molar-refractivity contribution in [3.63, 3.8) is 0 Å². The van der Waals surface area contributed by atoms with Gasteiger partial charge in [-0.1, -0.05) is 20.3 Å². The zero-order valence-electron chi connectivity index (χ0n) is 14.4. The molecule has 0 radical (unpaired) electrons. The normalized spacial score (nSPS) is 21.2. The summed E-state index contributed by atoms with van der Waals surface area (Å²) in [5, 5.41) is 3.02. The zero-order chi connectivity index (χ0) is 17.7. The number of carbonyl (C=O) groups excluding carboxylic acids is 1. The largest absolute Gasteiger partial charge is 0.349 e. The van der Waals surface area contributed by atoms with Crippen LogP contribution in [-0.2, 0) is 10.0 Å². The Hall–Kier alpha value is -1.44. The maximum Gasteiger partial charge on any atom is 0.251 e. The molecule has 6 nitrogen and oxygen atoms in total. The van der Waals surface area contributed by atoms with Crippen LogP contribution in [0.15, 0.2) is 29.2 Å². The first-order valence-corrected chi connectivity index (χ1v) is 9.99.